The molecule has 1 N–H and O–H groups in total. The van der Waals surface area contributed by atoms with E-state index in [1.54, 1.807) is 11.6 Å². The van der Waals surface area contributed by atoms with Crippen LogP contribution in [-0.4, -0.2) is 6.54 Å². The maximum atomic E-state index is 6.12. The van der Waals surface area contributed by atoms with Crippen molar-refractivity contribution in [3.05, 3.63) is 45.5 Å². The summed E-state index contributed by atoms with van der Waals surface area (Å²) in [5, 5.41) is 4.87. The summed E-state index contributed by atoms with van der Waals surface area (Å²) in [5.74, 6) is 0. The number of hydrogen-bond donors (Lipinski definition) is 1. The van der Waals surface area contributed by atoms with Crippen LogP contribution in [0.5, 0.6) is 0 Å². The molecule has 1 nitrogen and oxygen atoms in total. The van der Waals surface area contributed by atoms with Gasteiger partial charge in [0.15, 0.2) is 0 Å². The quantitative estimate of drug-likeness (QED) is 0.594. The zero-order chi connectivity index (χ0) is 12.8. The highest BCUT2D eigenvalue weighted by Crippen LogP contribution is 2.21. The second-order valence-electron chi connectivity index (χ2n) is 4.77. The second-order valence-corrected chi connectivity index (χ2v) is 5.61. The van der Waals surface area contributed by atoms with Gasteiger partial charge in [0.1, 0.15) is 0 Å². The van der Waals surface area contributed by atoms with Gasteiger partial charge in [-0.05, 0) is 56.3 Å². The number of nitrogens with one attached hydrogen (secondary N) is 1. The van der Waals surface area contributed by atoms with E-state index in [9.17, 15) is 0 Å². The summed E-state index contributed by atoms with van der Waals surface area (Å²) in [6.45, 7) is 1.83. The highest BCUT2D eigenvalue weighted by molar-refractivity contribution is 6.35. The lowest BCUT2D eigenvalue weighted by atomic mass is 9.97. The molecule has 1 aliphatic carbocycles. The monoisotopic (exact) mass is 283 g/mol. The lowest BCUT2D eigenvalue weighted by molar-refractivity contribution is 0.632. The van der Waals surface area contributed by atoms with Gasteiger partial charge in [0.2, 0.25) is 0 Å². The van der Waals surface area contributed by atoms with Crippen molar-refractivity contribution in [1.82, 2.24) is 5.32 Å². The van der Waals surface area contributed by atoms with Crippen molar-refractivity contribution >= 4 is 23.2 Å². The summed E-state index contributed by atoms with van der Waals surface area (Å²) in [4.78, 5) is 0. The lowest BCUT2D eigenvalue weighted by Crippen LogP contribution is -2.15. The van der Waals surface area contributed by atoms with E-state index in [1.165, 1.54) is 25.7 Å². The molecule has 0 heterocycles. The first-order chi connectivity index (χ1) is 8.75. The molecule has 1 aliphatic rings. The SMILES string of the molecule is Clc1ccc(CNCCC2=CCCCC2)c(Cl)c1. The molecule has 0 spiro atoms. The molecular weight excluding hydrogens is 265 g/mol. The van der Waals surface area contributed by atoms with Crippen LogP contribution in [0.25, 0.3) is 0 Å². The maximum Gasteiger partial charge on any atom is 0.0465 e. The Morgan fingerprint density at radius 1 is 1.17 bits per heavy atom. The van der Waals surface area contributed by atoms with Crippen LogP contribution in [0.15, 0.2) is 29.8 Å². The average molecular weight is 284 g/mol. The van der Waals surface area contributed by atoms with E-state index in [1.807, 2.05) is 12.1 Å². The molecule has 0 aromatic heterocycles. The molecule has 0 amide bonds. The van der Waals surface area contributed by atoms with Gasteiger partial charge in [-0.15, -0.1) is 0 Å². The standard InChI is InChI=1S/C15H19Cl2N/c16-14-7-6-13(15(17)10-14)11-18-9-8-12-4-2-1-3-5-12/h4,6-7,10,18H,1-3,5,8-9,11H2. The first kappa shape index (κ1) is 13.9. The Morgan fingerprint density at radius 2 is 2.06 bits per heavy atom. The zero-order valence-electron chi connectivity index (χ0n) is 10.5. The zero-order valence-corrected chi connectivity index (χ0v) is 12.0. The lowest BCUT2D eigenvalue weighted by Gasteiger charge is -2.13. The van der Waals surface area contributed by atoms with Gasteiger partial charge < -0.3 is 5.32 Å². The third-order valence-corrected chi connectivity index (χ3v) is 3.93. The van der Waals surface area contributed by atoms with Crippen LogP contribution < -0.4 is 5.32 Å². The highest BCUT2D eigenvalue weighted by Gasteiger charge is 2.04. The van der Waals surface area contributed by atoms with Gasteiger partial charge in [0.25, 0.3) is 0 Å². The average Bonchev–Trinajstić information content (AvgIpc) is 2.38. The number of halogens is 2. The summed E-state index contributed by atoms with van der Waals surface area (Å²) in [6, 6.07) is 5.66. The van der Waals surface area contributed by atoms with Gasteiger partial charge in [0, 0.05) is 16.6 Å². The van der Waals surface area contributed by atoms with Crippen molar-refractivity contribution in [2.75, 3.05) is 6.54 Å². The number of hydrogen-bond acceptors (Lipinski definition) is 1. The van der Waals surface area contributed by atoms with Crippen LogP contribution in [0, 0.1) is 0 Å². The first-order valence-corrected chi connectivity index (χ1v) is 7.34. The van der Waals surface area contributed by atoms with E-state index in [2.05, 4.69) is 11.4 Å². The fourth-order valence-electron chi connectivity index (χ4n) is 2.27. The van der Waals surface area contributed by atoms with Gasteiger partial charge in [-0.25, -0.2) is 0 Å². The number of allylic oxidation sites excluding steroid dienone is 1. The molecule has 0 fully saturated rings. The second kappa shape index (κ2) is 7.18. The molecule has 0 saturated carbocycles. The maximum absolute atomic E-state index is 6.12. The van der Waals surface area contributed by atoms with Gasteiger partial charge in [0.05, 0.1) is 0 Å². The van der Waals surface area contributed by atoms with E-state index in [4.69, 9.17) is 23.2 Å². The smallest absolute Gasteiger partial charge is 0.0465 e. The molecule has 1 aromatic rings. The molecule has 18 heavy (non-hydrogen) atoms. The summed E-state index contributed by atoms with van der Waals surface area (Å²) in [6.07, 6.45) is 8.82. The number of rotatable bonds is 5. The number of benzene rings is 1. The van der Waals surface area contributed by atoms with Gasteiger partial charge in [-0.3, -0.25) is 0 Å². The molecule has 0 aliphatic heterocycles. The van der Waals surface area contributed by atoms with Gasteiger partial charge >= 0.3 is 0 Å². The minimum absolute atomic E-state index is 0.691. The molecule has 0 saturated heterocycles. The van der Waals surface area contributed by atoms with Crippen molar-refractivity contribution in [2.45, 2.75) is 38.6 Å². The molecule has 0 radical (unpaired) electrons. The first-order valence-electron chi connectivity index (χ1n) is 6.58. The van der Waals surface area contributed by atoms with E-state index in [-0.39, 0.29) is 0 Å². The topological polar surface area (TPSA) is 12.0 Å². The summed E-state index contributed by atoms with van der Waals surface area (Å²) in [5.41, 5.74) is 2.72. The third-order valence-electron chi connectivity index (χ3n) is 3.34. The van der Waals surface area contributed by atoms with Gasteiger partial charge in [-0.1, -0.05) is 40.9 Å². The Balaban J connectivity index is 1.73. The predicted molar refractivity (Wildman–Crippen MR) is 79.3 cm³/mol. The summed E-state index contributed by atoms with van der Waals surface area (Å²) >= 11 is 12.0. The minimum Gasteiger partial charge on any atom is -0.312 e. The van der Waals surface area contributed by atoms with Crippen molar-refractivity contribution in [3.8, 4) is 0 Å². The van der Waals surface area contributed by atoms with Crippen molar-refractivity contribution < 1.29 is 0 Å². The molecule has 3 heteroatoms. The molecule has 0 bridgehead atoms. The van der Waals surface area contributed by atoms with E-state index >= 15 is 0 Å². The molecule has 0 atom stereocenters. The summed E-state index contributed by atoms with van der Waals surface area (Å²) < 4.78 is 0. The van der Waals surface area contributed by atoms with Crippen molar-refractivity contribution in [1.29, 1.82) is 0 Å². The third kappa shape index (κ3) is 4.31. The Bertz CT molecular complexity index is 427. The minimum atomic E-state index is 0.691. The Morgan fingerprint density at radius 3 is 2.78 bits per heavy atom. The fourth-order valence-corrected chi connectivity index (χ4v) is 2.74. The van der Waals surface area contributed by atoms with Crippen molar-refractivity contribution in [2.24, 2.45) is 0 Å². The van der Waals surface area contributed by atoms with Crippen LogP contribution in [0.4, 0.5) is 0 Å². The Hall–Kier alpha value is -0.500. The Kier molecular flexibility index (Phi) is 5.55. The largest absolute Gasteiger partial charge is 0.312 e. The van der Waals surface area contributed by atoms with E-state index < -0.39 is 0 Å². The molecule has 2 rings (SSSR count). The van der Waals surface area contributed by atoms with Crippen LogP contribution in [0.1, 0.15) is 37.7 Å². The highest BCUT2D eigenvalue weighted by atomic mass is 35.5. The molecule has 0 unspecified atom stereocenters. The molecule has 98 valence electrons. The molecule has 1 aromatic carbocycles. The fraction of sp³-hybridized carbons (Fsp3) is 0.467. The van der Waals surface area contributed by atoms with Crippen LogP contribution >= 0.6 is 23.2 Å². The van der Waals surface area contributed by atoms with Crippen molar-refractivity contribution in [3.63, 3.8) is 0 Å². The van der Waals surface area contributed by atoms with E-state index in [0.717, 1.165) is 30.1 Å². The van der Waals surface area contributed by atoms with Crippen LogP contribution in [0.3, 0.4) is 0 Å². The van der Waals surface area contributed by atoms with Crippen LogP contribution in [-0.2, 0) is 6.54 Å². The summed E-state index contributed by atoms with van der Waals surface area (Å²) in [7, 11) is 0. The normalized spacial score (nSPS) is 15.6. The van der Waals surface area contributed by atoms with Gasteiger partial charge in [-0.2, -0.15) is 0 Å². The van der Waals surface area contributed by atoms with Crippen LogP contribution in [0.2, 0.25) is 10.0 Å². The molecular formula is C15H19Cl2N. The van der Waals surface area contributed by atoms with E-state index in [0.29, 0.717) is 5.02 Å². The Labute approximate surface area is 119 Å². The predicted octanol–water partition coefficient (Wildman–Crippen LogP) is 4.97.